The summed E-state index contributed by atoms with van der Waals surface area (Å²) in [6.45, 7) is 5.33. The summed E-state index contributed by atoms with van der Waals surface area (Å²) >= 11 is 3.41. The van der Waals surface area contributed by atoms with Crippen LogP contribution in [0.3, 0.4) is 0 Å². The van der Waals surface area contributed by atoms with E-state index in [4.69, 9.17) is 0 Å². The number of carbonyl (C=O) groups is 1. The minimum absolute atomic E-state index is 0.177. The number of nitrogens with zero attached hydrogens (tertiary/aromatic N) is 3. The fourth-order valence-corrected chi connectivity index (χ4v) is 2.57. The molecule has 94 valence electrons. The van der Waals surface area contributed by atoms with Gasteiger partial charge in [-0.15, -0.1) is 0 Å². The van der Waals surface area contributed by atoms with Crippen molar-refractivity contribution >= 4 is 21.8 Å². The van der Waals surface area contributed by atoms with E-state index < -0.39 is 0 Å². The Hall–Kier alpha value is -0.840. The van der Waals surface area contributed by atoms with E-state index in [1.165, 1.54) is 6.42 Å². The van der Waals surface area contributed by atoms with E-state index >= 15 is 0 Å². The van der Waals surface area contributed by atoms with Crippen molar-refractivity contribution in [1.29, 1.82) is 0 Å². The van der Waals surface area contributed by atoms with Crippen LogP contribution >= 0.6 is 15.9 Å². The minimum Gasteiger partial charge on any atom is -0.338 e. The van der Waals surface area contributed by atoms with Crippen molar-refractivity contribution in [1.82, 2.24) is 14.7 Å². The quantitative estimate of drug-likeness (QED) is 0.841. The second kappa shape index (κ2) is 5.21. The maximum Gasteiger partial charge on any atom is 0.244 e. The second-order valence-electron chi connectivity index (χ2n) is 4.67. The molecule has 0 aromatic carbocycles. The molecule has 0 saturated carbocycles. The zero-order valence-corrected chi connectivity index (χ0v) is 11.9. The lowest BCUT2D eigenvalue weighted by Crippen LogP contribution is -2.43. The van der Waals surface area contributed by atoms with Crippen molar-refractivity contribution < 1.29 is 4.79 Å². The van der Waals surface area contributed by atoms with Gasteiger partial charge in [-0.05, 0) is 49.0 Å². The van der Waals surface area contributed by atoms with Crippen LogP contribution < -0.4 is 0 Å². The molecule has 1 aromatic heterocycles. The minimum atomic E-state index is 0.177. The van der Waals surface area contributed by atoms with Gasteiger partial charge in [-0.1, -0.05) is 0 Å². The number of hydrogen-bond donors (Lipinski definition) is 0. The molecule has 0 radical (unpaired) electrons. The van der Waals surface area contributed by atoms with Crippen LogP contribution in [-0.2, 0) is 11.3 Å². The topological polar surface area (TPSA) is 38.1 Å². The molecule has 0 spiro atoms. The highest BCUT2D eigenvalue weighted by atomic mass is 79.9. The Bertz CT molecular complexity index is 416. The molecule has 17 heavy (non-hydrogen) atoms. The Morgan fingerprint density at radius 1 is 1.59 bits per heavy atom. The fourth-order valence-electron chi connectivity index (χ4n) is 2.27. The van der Waals surface area contributed by atoms with Gasteiger partial charge in [-0.2, -0.15) is 5.10 Å². The van der Waals surface area contributed by atoms with E-state index in [9.17, 15) is 4.79 Å². The Labute approximate surface area is 110 Å². The Morgan fingerprint density at radius 3 is 2.94 bits per heavy atom. The molecule has 5 heteroatoms. The number of piperidine rings is 1. The van der Waals surface area contributed by atoms with E-state index in [1.54, 1.807) is 10.9 Å². The first-order valence-electron chi connectivity index (χ1n) is 6.07. The Kier molecular flexibility index (Phi) is 3.86. The molecule has 1 aromatic rings. The molecule has 0 aliphatic carbocycles. The molecule has 1 saturated heterocycles. The molecule has 4 nitrogen and oxygen atoms in total. The van der Waals surface area contributed by atoms with Crippen molar-refractivity contribution in [2.24, 2.45) is 0 Å². The van der Waals surface area contributed by atoms with Crippen LogP contribution in [0.25, 0.3) is 0 Å². The first-order chi connectivity index (χ1) is 8.09. The predicted molar refractivity (Wildman–Crippen MR) is 69.7 cm³/mol. The number of likely N-dealkylation sites (tertiary alicyclic amines) is 1. The number of hydrogen-bond acceptors (Lipinski definition) is 2. The SMILES string of the molecule is Cc1c(Br)cnn1CC(=O)N1CCCCC1C. The number of amides is 1. The van der Waals surface area contributed by atoms with Crippen molar-refractivity contribution in [2.45, 2.75) is 45.7 Å². The van der Waals surface area contributed by atoms with E-state index in [0.717, 1.165) is 29.6 Å². The first-order valence-corrected chi connectivity index (χ1v) is 6.86. The number of halogens is 1. The molecule has 1 unspecified atom stereocenters. The zero-order valence-electron chi connectivity index (χ0n) is 10.3. The van der Waals surface area contributed by atoms with Crippen molar-refractivity contribution in [3.63, 3.8) is 0 Å². The summed E-state index contributed by atoms with van der Waals surface area (Å²) in [7, 11) is 0. The van der Waals surface area contributed by atoms with Crippen molar-refractivity contribution in [3.05, 3.63) is 16.4 Å². The highest BCUT2D eigenvalue weighted by Crippen LogP contribution is 2.18. The summed E-state index contributed by atoms with van der Waals surface area (Å²) in [5.74, 6) is 0.177. The predicted octanol–water partition coefficient (Wildman–Crippen LogP) is 2.36. The third-order valence-electron chi connectivity index (χ3n) is 3.45. The van der Waals surface area contributed by atoms with Gasteiger partial charge in [0, 0.05) is 12.6 Å². The second-order valence-corrected chi connectivity index (χ2v) is 5.52. The van der Waals surface area contributed by atoms with E-state index in [2.05, 4.69) is 28.0 Å². The maximum atomic E-state index is 12.2. The van der Waals surface area contributed by atoms with Crippen LogP contribution in [-0.4, -0.2) is 33.2 Å². The molecular weight excluding hydrogens is 282 g/mol. The molecule has 1 amide bonds. The summed E-state index contributed by atoms with van der Waals surface area (Å²) in [6.07, 6.45) is 5.21. The highest BCUT2D eigenvalue weighted by molar-refractivity contribution is 9.10. The molecule has 2 heterocycles. The average molecular weight is 300 g/mol. The van der Waals surface area contributed by atoms with Gasteiger partial charge in [0.1, 0.15) is 6.54 Å². The molecule has 2 rings (SSSR count). The molecule has 0 N–H and O–H groups in total. The van der Waals surface area contributed by atoms with E-state index in [0.29, 0.717) is 12.6 Å². The van der Waals surface area contributed by atoms with Crippen molar-refractivity contribution in [2.75, 3.05) is 6.54 Å². The summed E-state index contributed by atoms with van der Waals surface area (Å²) in [4.78, 5) is 14.2. The summed E-state index contributed by atoms with van der Waals surface area (Å²) in [5.41, 5.74) is 1.00. The van der Waals surface area contributed by atoms with Crippen molar-refractivity contribution in [3.8, 4) is 0 Å². The lowest BCUT2D eigenvalue weighted by molar-refractivity contribution is -0.135. The van der Waals surface area contributed by atoms with Gasteiger partial charge in [0.25, 0.3) is 0 Å². The van der Waals surface area contributed by atoms with Gasteiger partial charge in [0.05, 0.1) is 16.4 Å². The number of carbonyl (C=O) groups excluding carboxylic acids is 1. The molecular formula is C12H18BrN3O. The number of aromatic nitrogens is 2. The summed E-state index contributed by atoms with van der Waals surface area (Å²) < 4.78 is 2.71. The summed E-state index contributed by atoms with van der Waals surface area (Å²) in [6, 6.07) is 0.371. The largest absolute Gasteiger partial charge is 0.338 e. The normalized spacial score (nSPS) is 20.6. The lowest BCUT2D eigenvalue weighted by Gasteiger charge is -2.33. The van der Waals surface area contributed by atoms with Gasteiger partial charge in [-0.3, -0.25) is 9.48 Å². The molecule has 1 fully saturated rings. The maximum absolute atomic E-state index is 12.2. The smallest absolute Gasteiger partial charge is 0.244 e. The highest BCUT2D eigenvalue weighted by Gasteiger charge is 2.23. The van der Waals surface area contributed by atoms with Gasteiger partial charge < -0.3 is 4.90 Å². The Morgan fingerprint density at radius 2 is 2.35 bits per heavy atom. The van der Waals surface area contributed by atoms with Crippen LogP contribution in [0.2, 0.25) is 0 Å². The Balaban J connectivity index is 2.03. The van der Waals surface area contributed by atoms with E-state index in [-0.39, 0.29) is 5.91 Å². The van der Waals surface area contributed by atoms with Gasteiger partial charge in [-0.25, -0.2) is 0 Å². The standard InChI is InChI=1S/C12H18BrN3O/c1-9-5-3-4-6-15(9)12(17)8-16-10(2)11(13)7-14-16/h7,9H,3-6,8H2,1-2H3. The van der Waals surface area contributed by atoms with Crippen LogP contribution in [0.5, 0.6) is 0 Å². The van der Waals surface area contributed by atoms with E-state index in [1.807, 2.05) is 11.8 Å². The van der Waals surface area contributed by atoms with Gasteiger partial charge in [0.2, 0.25) is 5.91 Å². The van der Waals surface area contributed by atoms with Crippen LogP contribution in [0.15, 0.2) is 10.7 Å². The zero-order chi connectivity index (χ0) is 12.4. The fraction of sp³-hybridized carbons (Fsp3) is 0.667. The lowest BCUT2D eigenvalue weighted by atomic mass is 10.0. The first kappa shape index (κ1) is 12.6. The number of rotatable bonds is 2. The molecule has 0 bridgehead atoms. The third kappa shape index (κ3) is 2.70. The van der Waals surface area contributed by atoms with Gasteiger partial charge >= 0.3 is 0 Å². The van der Waals surface area contributed by atoms with Crippen LogP contribution in [0.4, 0.5) is 0 Å². The molecule has 1 atom stereocenters. The monoisotopic (exact) mass is 299 g/mol. The average Bonchev–Trinajstić information content (AvgIpc) is 2.61. The van der Waals surface area contributed by atoms with Gasteiger partial charge in [0.15, 0.2) is 0 Å². The van der Waals surface area contributed by atoms with Crippen LogP contribution in [0, 0.1) is 6.92 Å². The third-order valence-corrected chi connectivity index (χ3v) is 4.23. The summed E-state index contributed by atoms with van der Waals surface area (Å²) in [5, 5.41) is 4.20. The molecule has 1 aliphatic heterocycles. The molecule has 1 aliphatic rings. The van der Waals surface area contributed by atoms with Crippen LogP contribution in [0.1, 0.15) is 31.9 Å².